The van der Waals surface area contributed by atoms with E-state index in [0.29, 0.717) is 0 Å². The van der Waals surface area contributed by atoms with Gasteiger partial charge in [-0.25, -0.2) is 4.79 Å². The molecule has 0 bridgehead atoms. The fourth-order valence-corrected chi connectivity index (χ4v) is 1.37. The molecule has 0 heterocycles. The molecule has 0 saturated heterocycles. The van der Waals surface area contributed by atoms with Crippen molar-refractivity contribution in [1.29, 1.82) is 0 Å². The van der Waals surface area contributed by atoms with Crippen LogP contribution in [0.5, 0.6) is 0 Å². The van der Waals surface area contributed by atoms with Gasteiger partial charge in [0, 0.05) is 26.2 Å². The molecule has 1 rings (SSSR count). The van der Waals surface area contributed by atoms with Gasteiger partial charge in [0.1, 0.15) is 0 Å². The molecule has 13 heavy (non-hydrogen) atoms. The van der Waals surface area contributed by atoms with Crippen LogP contribution in [0.25, 0.3) is 0 Å². The van der Waals surface area contributed by atoms with Gasteiger partial charge < -0.3 is 0 Å². The van der Waals surface area contributed by atoms with Gasteiger partial charge in [-0.05, 0) is 0 Å². The molecule has 0 aliphatic rings. The van der Waals surface area contributed by atoms with Crippen LogP contribution in [0.1, 0.15) is 6.92 Å². The molecule has 1 amide bonds. The SMILES string of the molecule is CC(=O)[NH+](c1ccccc1)N(C)C. The first-order chi connectivity index (χ1) is 6.13. The Bertz CT molecular complexity index is 282. The lowest BCUT2D eigenvalue weighted by Gasteiger charge is -2.20. The monoisotopic (exact) mass is 179 g/mol. The van der Waals surface area contributed by atoms with E-state index in [1.807, 2.05) is 49.4 Å². The molecule has 1 unspecified atom stereocenters. The lowest BCUT2D eigenvalue weighted by Crippen LogP contribution is -3.15. The zero-order valence-electron chi connectivity index (χ0n) is 8.24. The molecule has 0 spiro atoms. The van der Waals surface area contributed by atoms with E-state index in [1.165, 1.54) is 0 Å². The number of quaternary nitrogens is 1. The number of carbonyl (C=O) groups excluding carboxylic acids is 1. The van der Waals surface area contributed by atoms with Crippen LogP contribution in [0, 0.1) is 0 Å². The summed E-state index contributed by atoms with van der Waals surface area (Å²) >= 11 is 0. The first-order valence-corrected chi connectivity index (χ1v) is 4.23. The van der Waals surface area contributed by atoms with Gasteiger partial charge in [-0.15, -0.1) is 0 Å². The van der Waals surface area contributed by atoms with Gasteiger partial charge in [0.15, 0.2) is 5.69 Å². The largest absolute Gasteiger partial charge is 0.333 e. The molecule has 0 saturated carbocycles. The second-order valence-electron chi connectivity index (χ2n) is 3.17. The fraction of sp³-hybridized carbons (Fsp3) is 0.300. The minimum Gasteiger partial charge on any atom is -0.229 e. The topological polar surface area (TPSA) is 24.8 Å². The van der Waals surface area contributed by atoms with Crippen molar-refractivity contribution in [3.63, 3.8) is 0 Å². The van der Waals surface area contributed by atoms with E-state index in [0.717, 1.165) is 10.7 Å². The quantitative estimate of drug-likeness (QED) is 0.657. The molecule has 3 heteroatoms. The number of hydrogen-bond donors (Lipinski definition) is 1. The number of nitrogens with zero attached hydrogens (tertiary/aromatic N) is 1. The average molecular weight is 179 g/mol. The number of benzene rings is 1. The summed E-state index contributed by atoms with van der Waals surface area (Å²) < 4.78 is 0. The van der Waals surface area contributed by atoms with E-state index >= 15 is 0 Å². The maximum atomic E-state index is 11.3. The summed E-state index contributed by atoms with van der Waals surface area (Å²) in [6.07, 6.45) is 0. The second-order valence-corrected chi connectivity index (χ2v) is 3.17. The molecule has 0 aromatic heterocycles. The number of nitrogens with one attached hydrogen (secondary N) is 1. The highest BCUT2D eigenvalue weighted by atomic mass is 16.2. The Morgan fingerprint density at radius 1 is 1.23 bits per heavy atom. The third-order valence-electron chi connectivity index (χ3n) is 1.83. The average Bonchev–Trinajstić information content (AvgIpc) is 2.04. The summed E-state index contributed by atoms with van der Waals surface area (Å²) in [5, 5.41) is 2.60. The van der Waals surface area contributed by atoms with Crippen molar-refractivity contribution in [2.24, 2.45) is 0 Å². The summed E-state index contributed by atoms with van der Waals surface area (Å²) in [6.45, 7) is 1.59. The Morgan fingerprint density at radius 2 is 1.77 bits per heavy atom. The molecule has 0 radical (unpaired) electrons. The molecule has 0 aliphatic heterocycles. The summed E-state index contributed by atoms with van der Waals surface area (Å²) in [6, 6.07) is 9.69. The molecule has 1 aromatic carbocycles. The zero-order chi connectivity index (χ0) is 9.84. The molecule has 1 aromatic rings. The Hall–Kier alpha value is -1.19. The highest BCUT2D eigenvalue weighted by molar-refractivity contribution is 5.65. The van der Waals surface area contributed by atoms with Crippen molar-refractivity contribution >= 4 is 11.6 Å². The van der Waals surface area contributed by atoms with Crippen LogP contribution in [0.2, 0.25) is 0 Å². The van der Waals surface area contributed by atoms with Crippen molar-refractivity contribution < 1.29 is 9.80 Å². The van der Waals surface area contributed by atoms with Gasteiger partial charge in [0.25, 0.3) is 0 Å². The van der Waals surface area contributed by atoms with Crippen LogP contribution in [-0.4, -0.2) is 25.0 Å². The van der Waals surface area contributed by atoms with Crippen LogP contribution >= 0.6 is 0 Å². The predicted octanol–water partition coefficient (Wildman–Crippen LogP) is 0.226. The second kappa shape index (κ2) is 4.16. The minimum atomic E-state index is 0.0937. The predicted molar refractivity (Wildman–Crippen MR) is 51.4 cm³/mol. The Balaban J connectivity index is 2.96. The van der Waals surface area contributed by atoms with Crippen LogP contribution in [0.3, 0.4) is 0 Å². The Kier molecular flexibility index (Phi) is 3.17. The minimum absolute atomic E-state index is 0.0937. The molecule has 3 nitrogen and oxygen atoms in total. The lowest BCUT2D eigenvalue weighted by molar-refractivity contribution is -0.877. The van der Waals surface area contributed by atoms with Gasteiger partial charge >= 0.3 is 5.91 Å². The normalized spacial score (nSPS) is 12.9. The molecule has 1 atom stereocenters. The van der Waals surface area contributed by atoms with Gasteiger partial charge in [-0.2, -0.15) is 10.0 Å². The first-order valence-electron chi connectivity index (χ1n) is 4.23. The van der Waals surface area contributed by atoms with Crippen LogP contribution < -0.4 is 5.01 Å². The van der Waals surface area contributed by atoms with Gasteiger partial charge in [0.2, 0.25) is 0 Å². The van der Waals surface area contributed by atoms with E-state index < -0.39 is 0 Å². The van der Waals surface area contributed by atoms with E-state index in [-0.39, 0.29) is 5.91 Å². The highest BCUT2D eigenvalue weighted by Crippen LogP contribution is 1.98. The van der Waals surface area contributed by atoms with E-state index in [1.54, 1.807) is 6.92 Å². The van der Waals surface area contributed by atoms with Gasteiger partial charge in [0.05, 0.1) is 6.92 Å². The third kappa shape index (κ3) is 2.37. The number of rotatable bonds is 2. The zero-order valence-corrected chi connectivity index (χ0v) is 8.24. The Morgan fingerprint density at radius 3 is 2.15 bits per heavy atom. The van der Waals surface area contributed by atoms with Gasteiger partial charge in [-0.1, -0.05) is 18.2 Å². The molecular formula is C10H15N2O+. The molecule has 0 fully saturated rings. The molecule has 0 aliphatic carbocycles. The van der Waals surface area contributed by atoms with E-state index in [2.05, 4.69) is 0 Å². The number of amides is 1. The van der Waals surface area contributed by atoms with Crippen molar-refractivity contribution in [3.05, 3.63) is 30.3 Å². The van der Waals surface area contributed by atoms with E-state index in [4.69, 9.17) is 0 Å². The van der Waals surface area contributed by atoms with Crippen molar-refractivity contribution in [2.45, 2.75) is 6.92 Å². The van der Waals surface area contributed by atoms with Crippen LogP contribution in [0.4, 0.5) is 5.69 Å². The van der Waals surface area contributed by atoms with Gasteiger partial charge in [-0.3, -0.25) is 0 Å². The highest BCUT2D eigenvalue weighted by Gasteiger charge is 2.19. The summed E-state index contributed by atoms with van der Waals surface area (Å²) in [5.41, 5.74) is 0.972. The number of carbonyl (C=O) groups is 1. The summed E-state index contributed by atoms with van der Waals surface area (Å²) in [7, 11) is 3.76. The maximum absolute atomic E-state index is 11.3. The standard InChI is InChI=1S/C10H14N2O/c1-9(13)12(11(2)3)10-7-5-4-6-8-10/h4-8H,1-3H3/p+1. The van der Waals surface area contributed by atoms with Crippen molar-refractivity contribution in [2.75, 3.05) is 14.1 Å². The molecule has 1 N–H and O–H groups in total. The third-order valence-corrected chi connectivity index (χ3v) is 1.83. The Labute approximate surface area is 78.5 Å². The van der Waals surface area contributed by atoms with Crippen molar-refractivity contribution in [3.8, 4) is 0 Å². The smallest absolute Gasteiger partial charge is 0.229 e. The molecular weight excluding hydrogens is 164 g/mol. The lowest BCUT2D eigenvalue weighted by atomic mass is 10.3. The number of hydrogen-bond acceptors (Lipinski definition) is 2. The summed E-state index contributed by atoms with van der Waals surface area (Å²) in [4.78, 5) is 11.3. The maximum Gasteiger partial charge on any atom is 0.333 e. The van der Waals surface area contributed by atoms with Crippen LogP contribution in [0.15, 0.2) is 30.3 Å². The van der Waals surface area contributed by atoms with Crippen molar-refractivity contribution in [1.82, 2.24) is 5.01 Å². The first kappa shape index (κ1) is 9.89. The fourth-order valence-electron chi connectivity index (χ4n) is 1.37. The molecule has 70 valence electrons. The van der Waals surface area contributed by atoms with Crippen LogP contribution in [-0.2, 0) is 4.79 Å². The summed E-state index contributed by atoms with van der Waals surface area (Å²) in [5.74, 6) is 0.0937. The number of para-hydroxylation sites is 1. The van der Waals surface area contributed by atoms with E-state index in [9.17, 15) is 4.79 Å².